The predicted molar refractivity (Wildman–Crippen MR) is 190 cm³/mol. The first kappa shape index (κ1) is 40.7. The van der Waals surface area contributed by atoms with Gasteiger partial charge in [0, 0.05) is 0 Å². The highest BCUT2D eigenvalue weighted by Crippen LogP contribution is 2.39. The number of carbonyl (C=O) groups excluding carboxylic acids is 1. The molecule has 3 rings (SSSR count). The van der Waals surface area contributed by atoms with Crippen LogP contribution in [0.25, 0.3) is 12.2 Å². The third kappa shape index (κ3) is 21.0. The molecule has 0 aliphatic heterocycles. The van der Waals surface area contributed by atoms with Crippen LogP contribution in [0.5, 0.6) is 0 Å². The van der Waals surface area contributed by atoms with Gasteiger partial charge in [0.25, 0.3) is 0 Å². The molecular formula is C40H66O. The molecule has 41 heavy (non-hydrogen) atoms. The van der Waals surface area contributed by atoms with Crippen LogP contribution in [0, 0.1) is 30.1 Å². The summed E-state index contributed by atoms with van der Waals surface area (Å²) in [4.78, 5) is 8.81. The lowest BCUT2D eigenvalue weighted by molar-refractivity contribution is -0.106. The summed E-state index contributed by atoms with van der Waals surface area (Å²) in [6.45, 7) is 41.1. The number of aldehydes is 1. The Labute approximate surface area is 257 Å². The van der Waals surface area contributed by atoms with E-state index in [1.54, 1.807) is 16.7 Å². The standard InChI is InChI=1S/C19H24.C8H18.C7H12.C4H8.C2H4O/c1-5-15-11-17-8-12(2)9-18(17)14(4)19(15)10-13(3)16-6-7-16;1-7(2)6-8(3,4)5;1-6(2)5-7(3)4;1-4(2)3;1-2-3/h5,10-12,16H,1,6-9H2,2-4H3;7H,6H2,1-5H3;5H,1H2,2-4H3;1H2,2-3H3;2H,1H3/b13-10+;;;;. The highest BCUT2D eigenvalue weighted by molar-refractivity contribution is 5.71. The van der Waals surface area contributed by atoms with Crippen molar-refractivity contribution in [2.75, 3.05) is 0 Å². The molecule has 1 fully saturated rings. The molecule has 0 saturated heterocycles. The zero-order valence-corrected chi connectivity index (χ0v) is 29.7. The third-order valence-corrected chi connectivity index (χ3v) is 6.37. The van der Waals surface area contributed by atoms with Crippen LogP contribution in [0.15, 0.2) is 54.2 Å². The van der Waals surface area contributed by atoms with Gasteiger partial charge in [0.1, 0.15) is 6.29 Å². The summed E-state index contributed by atoms with van der Waals surface area (Å²) in [6, 6.07) is 2.38. The number of benzene rings is 1. The number of carbonyl (C=O) groups is 1. The van der Waals surface area contributed by atoms with Crippen LogP contribution in [0.2, 0.25) is 0 Å². The average Bonchev–Trinajstić information content (AvgIpc) is 3.56. The minimum absolute atomic E-state index is 0.522. The molecule has 232 valence electrons. The molecule has 0 aromatic heterocycles. The lowest BCUT2D eigenvalue weighted by atomic mass is 9.86. The van der Waals surface area contributed by atoms with Crippen molar-refractivity contribution in [3.63, 3.8) is 0 Å². The monoisotopic (exact) mass is 563 g/mol. The minimum Gasteiger partial charge on any atom is -0.304 e. The first-order valence-corrected chi connectivity index (χ1v) is 15.6. The maximum absolute atomic E-state index is 8.81. The fourth-order valence-electron chi connectivity index (χ4n) is 5.20. The van der Waals surface area contributed by atoms with Crippen molar-refractivity contribution >= 4 is 18.4 Å². The third-order valence-electron chi connectivity index (χ3n) is 6.37. The molecule has 0 bridgehead atoms. The van der Waals surface area contributed by atoms with E-state index in [0.29, 0.717) is 5.41 Å². The Bertz CT molecular complexity index is 1020. The summed E-state index contributed by atoms with van der Waals surface area (Å²) in [7, 11) is 0. The zero-order chi connectivity index (χ0) is 32.5. The number of rotatable bonds is 5. The van der Waals surface area contributed by atoms with E-state index in [1.165, 1.54) is 66.9 Å². The first-order chi connectivity index (χ1) is 18.8. The van der Waals surface area contributed by atoms with Gasteiger partial charge in [-0.1, -0.05) is 101 Å². The average molecular weight is 563 g/mol. The molecule has 1 nitrogen and oxygen atoms in total. The maximum Gasteiger partial charge on any atom is 0.116 e. The van der Waals surface area contributed by atoms with Crippen molar-refractivity contribution in [2.24, 2.45) is 23.2 Å². The summed E-state index contributed by atoms with van der Waals surface area (Å²) < 4.78 is 0. The smallest absolute Gasteiger partial charge is 0.116 e. The van der Waals surface area contributed by atoms with Crippen LogP contribution in [0.4, 0.5) is 0 Å². The Hall–Kier alpha value is -2.41. The molecule has 0 heterocycles. The number of hydrogen-bond acceptors (Lipinski definition) is 1. The Kier molecular flexibility index (Phi) is 20.3. The van der Waals surface area contributed by atoms with Crippen LogP contribution < -0.4 is 0 Å². The molecule has 0 spiro atoms. The zero-order valence-electron chi connectivity index (χ0n) is 29.7. The van der Waals surface area contributed by atoms with Gasteiger partial charge in [-0.2, -0.15) is 0 Å². The normalized spacial score (nSPS) is 15.2. The van der Waals surface area contributed by atoms with Crippen LogP contribution in [0.1, 0.15) is 137 Å². The van der Waals surface area contributed by atoms with E-state index in [4.69, 9.17) is 4.79 Å². The quantitative estimate of drug-likeness (QED) is 0.198. The summed E-state index contributed by atoms with van der Waals surface area (Å²) in [5.74, 6) is 2.49. The van der Waals surface area contributed by atoms with E-state index >= 15 is 0 Å². The van der Waals surface area contributed by atoms with E-state index < -0.39 is 0 Å². The Morgan fingerprint density at radius 3 is 1.80 bits per heavy atom. The van der Waals surface area contributed by atoms with E-state index in [0.717, 1.165) is 29.6 Å². The van der Waals surface area contributed by atoms with Crippen molar-refractivity contribution in [3.05, 3.63) is 82.0 Å². The fourth-order valence-corrected chi connectivity index (χ4v) is 5.20. The van der Waals surface area contributed by atoms with Crippen molar-refractivity contribution in [2.45, 2.75) is 129 Å². The maximum atomic E-state index is 8.81. The largest absolute Gasteiger partial charge is 0.304 e. The second kappa shape index (κ2) is 20.5. The minimum atomic E-state index is 0.522. The summed E-state index contributed by atoms with van der Waals surface area (Å²) in [5, 5.41) is 0. The molecule has 1 aromatic rings. The van der Waals surface area contributed by atoms with Gasteiger partial charge >= 0.3 is 0 Å². The van der Waals surface area contributed by atoms with Crippen molar-refractivity contribution in [1.82, 2.24) is 0 Å². The van der Waals surface area contributed by atoms with Gasteiger partial charge in [-0.05, 0) is 138 Å². The van der Waals surface area contributed by atoms with Gasteiger partial charge in [-0.3, -0.25) is 0 Å². The molecule has 0 radical (unpaired) electrons. The number of allylic oxidation sites excluding steroid dienone is 5. The molecule has 1 aromatic carbocycles. The molecule has 1 unspecified atom stereocenters. The van der Waals surface area contributed by atoms with Crippen LogP contribution in [0.3, 0.4) is 0 Å². The van der Waals surface area contributed by atoms with Gasteiger partial charge in [-0.15, -0.1) is 6.58 Å². The Morgan fingerprint density at radius 2 is 1.51 bits per heavy atom. The summed E-state index contributed by atoms with van der Waals surface area (Å²) in [6.07, 6.45) is 13.8. The molecule has 1 heteroatoms. The summed E-state index contributed by atoms with van der Waals surface area (Å²) in [5.41, 5.74) is 13.1. The highest BCUT2D eigenvalue weighted by Gasteiger charge is 2.25. The van der Waals surface area contributed by atoms with Crippen molar-refractivity contribution in [3.8, 4) is 0 Å². The predicted octanol–water partition coefficient (Wildman–Crippen LogP) is 12.6. The van der Waals surface area contributed by atoms with Gasteiger partial charge < -0.3 is 4.79 Å². The molecular weight excluding hydrogens is 496 g/mol. The first-order valence-electron chi connectivity index (χ1n) is 15.6. The number of hydrogen-bond donors (Lipinski definition) is 0. The van der Waals surface area contributed by atoms with Crippen LogP contribution >= 0.6 is 0 Å². The van der Waals surface area contributed by atoms with Gasteiger partial charge in [-0.25, -0.2) is 0 Å². The molecule has 2 aliphatic rings. The summed E-state index contributed by atoms with van der Waals surface area (Å²) >= 11 is 0. The number of fused-ring (bicyclic) bond motifs is 1. The molecule has 0 N–H and O–H groups in total. The van der Waals surface area contributed by atoms with Gasteiger partial charge in [0.15, 0.2) is 0 Å². The van der Waals surface area contributed by atoms with Crippen LogP contribution in [-0.4, -0.2) is 6.29 Å². The molecule has 2 aliphatic carbocycles. The second-order valence-corrected chi connectivity index (χ2v) is 14.2. The topological polar surface area (TPSA) is 17.1 Å². The van der Waals surface area contributed by atoms with Crippen molar-refractivity contribution < 1.29 is 4.79 Å². The van der Waals surface area contributed by atoms with Crippen LogP contribution in [-0.2, 0) is 17.6 Å². The fraction of sp³-hybridized carbons (Fsp3) is 0.575. The van der Waals surface area contributed by atoms with E-state index in [9.17, 15) is 0 Å². The Morgan fingerprint density at radius 1 is 1.02 bits per heavy atom. The van der Waals surface area contributed by atoms with E-state index in [2.05, 4.69) is 107 Å². The van der Waals surface area contributed by atoms with Crippen molar-refractivity contribution in [1.29, 1.82) is 0 Å². The van der Waals surface area contributed by atoms with E-state index in [1.807, 2.05) is 26.8 Å². The lowest BCUT2D eigenvalue weighted by Gasteiger charge is -2.19. The molecule has 0 amide bonds. The van der Waals surface area contributed by atoms with E-state index in [-0.39, 0.29) is 0 Å². The molecule has 1 saturated carbocycles. The highest BCUT2D eigenvalue weighted by atomic mass is 16.1. The second-order valence-electron chi connectivity index (χ2n) is 14.2. The van der Waals surface area contributed by atoms with Gasteiger partial charge in [0.05, 0.1) is 0 Å². The molecule has 1 atom stereocenters. The van der Waals surface area contributed by atoms with Gasteiger partial charge in [0.2, 0.25) is 0 Å². The SMILES string of the molecule is C=C(C)C.C=C(C)C=C(C)C.C=Cc1cc2c(c(C)c1/C=C(\C)C1CC1)CC(C)C2.CC(C)CC(C)(C)C.CC=O. The lowest BCUT2D eigenvalue weighted by Crippen LogP contribution is -2.08. The Balaban J connectivity index is 0.